The van der Waals surface area contributed by atoms with Gasteiger partial charge in [-0.2, -0.15) is 0 Å². The molecular weight excluding hydrogens is 272 g/mol. The van der Waals surface area contributed by atoms with E-state index in [4.69, 9.17) is 5.11 Å². The van der Waals surface area contributed by atoms with E-state index in [1.165, 1.54) is 0 Å². The SMILES string of the molecule is CN1Cc2cc(C(O)CC(C)(C)C(=O)O)ccc2NC1=O. The molecule has 1 aliphatic heterocycles. The van der Waals surface area contributed by atoms with Crippen LogP contribution in [0.15, 0.2) is 18.2 Å². The standard InChI is InChI=1S/C15H20N2O4/c1-15(2,13(19)20)7-12(18)9-4-5-11-10(6-9)8-17(3)14(21)16-11/h4-6,12,18H,7-8H2,1-3H3,(H,16,21)(H,19,20). The van der Waals surface area contributed by atoms with Crippen molar-refractivity contribution >= 4 is 17.7 Å². The second-order valence-electron chi connectivity index (χ2n) is 6.11. The van der Waals surface area contributed by atoms with Gasteiger partial charge in [0.05, 0.1) is 11.5 Å². The number of rotatable bonds is 4. The Kier molecular flexibility index (Phi) is 3.91. The molecule has 1 atom stereocenters. The number of carbonyl (C=O) groups excluding carboxylic acids is 1. The number of nitrogens with one attached hydrogen (secondary N) is 1. The number of aliphatic hydroxyl groups excluding tert-OH is 1. The quantitative estimate of drug-likeness (QED) is 0.793. The Labute approximate surface area is 123 Å². The van der Waals surface area contributed by atoms with Crippen LogP contribution in [0.3, 0.4) is 0 Å². The minimum Gasteiger partial charge on any atom is -0.481 e. The average molecular weight is 292 g/mol. The first-order chi connectivity index (χ1) is 9.70. The third-order valence-electron chi connectivity index (χ3n) is 3.79. The Hall–Kier alpha value is -2.08. The minimum atomic E-state index is -1.000. The van der Waals surface area contributed by atoms with Crippen molar-refractivity contribution in [3.05, 3.63) is 29.3 Å². The second-order valence-corrected chi connectivity index (χ2v) is 6.11. The van der Waals surface area contributed by atoms with E-state index in [0.29, 0.717) is 12.1 Å². The van der Waals surface area contributed by atoms with Crippen LogP contribution in [0.1, 0.15) is 37.5 Å². The smallest absolute Gasteiger partial charge is 0.321 e. The molecule has 0 saturated heterocycles. The second kappa shape index (κ2) is 5.37. The zero-order chi connectivity index (χ0) is 15.8. The first kappa shape index (κ1) is 15.3. The van der Waals surface area contributed by atoms with Gasteiger partial charge in [0.1, 0.15) is 0 Å². The number of anilines is 1. The van der Waals surface area contributed by atoms with Crippen LogP contribution in [-0.2, 0) is 11.3 Å². The molecule has 1 aromatic carbocycles. The molecule has 2 amide bonds. The van der Waals surface area contributed by atoms with Crippen LogP contribution in [0, 0.1) is 5.41 Å². The molecule has 0 radical (unpaired) electrons. The van der Waals surface area contributed by atoms with Gasteiger partial charge < -0.3 is 20.4 Å². The predicted octanol–water partition coefficient (Wildman–Crippen LogP) is 2.20. The number of benzene rings is 1. The van der Waals surface area contributed by atoms with Crippen molar-refractivity contribution < 1.29 is 19.8 Å². The minimum absolute atomic E-state index is 0.128. The maximum absolute atomic E-state index is 11.5. The molecule has 6 nitrogen and oxygen atoms in total. The van der Waals surface area contributed by atoms with Crippen LogP contribution in [-0.4, -0.2) is 34.2 Å². The number of fused-ring (bicyclic) bond motifs is 1. The van der Waals surface area contributed by atoms with E-state index in [1.807, 2.05) is 6.07 Å². The van der Waals surface area contributed by atoms with E-state index in [2.05, 4.69) is 5.32 Å². The number of carboxylic acid groups (broad SMARTS) is 1. The average Bonchev–Trinajstić information content (AvgIpc) is 2.38. The summed E-state index contributed by atoms with van der Waals surface area (Å²) in [6.45, 7) is 3.64. The Balaban J connectivity index is 2.21. The van der Waals surface area contributed by atoms with Crippen LogP contribution in [0.5, 0.6) is 0 Å². The summed E-state index contributed by atoms with van der Waals surface area (Å²) in [4.78, 5) is 24.2. The molecule has 3 N–H and O–H groups in total. The van der Waals surface area contributed by atoms with Crippen molar-refractivity contribution in [3.8, 4) is 0 Å². The van der Waals surface area contributed by atoms with E-state index < -0.39 is 17.5 Å². The lowest BCUT2D eigenvalue weighted by molar-refractivity contribution is -0.148. The van der Waals surface area contributed by atoms with E-state index in [1.54, 1.807) is 37.9 Å². The molecule has 1 unspecified atom stereocenters. The number of urea groups is 1. The topological polar surface area (TPSA) is 89.9 Å². The molecule has 114 valence electrons. The Bertz CT molecular complexity index is 583. The normalized spacial score (nSPS) is 16.2. The van der Waals surface area contributed by atoms with E-state index in [0.717, 1.165) is 11.3 Å². The van der Waals surface area contributed by atoms with Gasteiger partial charge in [-0.25, -0.2) is 4.79 Å². The molecule has 0 bridgehead atoms. The molecular formula is C15H20N2O4. The Morgan fingerprint density at radius 2 is 2.14 bits per heavy atom. The Morgan fingerprint density at radius 3 is 2.76 bits per heavy atom. The van der Waals surface area contributed by atoms with Crippen LogP contribution in [0.25, 0.3) is 0 Å². The largest absolute Gasteiger partial charge is 0.481 e. The zero-order valence-electron chi connectivity index (χ0n) is 12.4. The summed E-state index contributed by atoms with van der Waals surface area (Å²) >= 11 is 0. The number of aliphatic hydroxyl groups is 1. The summed E-state index contributed by atoms with van der Waals surface area (Å²) in [7, 11) is 1.69. The maximum Gasteiger partial charge on any atom is 0.321 e. The Morgan fingerprint density at radius 1 is 1.48 bits per heavy atom. The van der Waals surface area contributed by atoms with Gasteiger partial charge in [0, 0.05) is 19.3 Å². The third kappa shape index (κ3) is 3.16. The summed E-state index contributed by atoms with van der Waals surface area (Å²) in [5, 5.41) is 22.1. The highest BCUT2D eigenvalue weighted by Crippen LogP contribution is 2.32. The van der Waals surface area contributed by atoms with Crippen LogP contribution < -0.4 is 5.32 Å². The van der Waals surface area contributed by atoms with Gasteiger partial charge >= 0.3 is 12.0 Å². The van der Waals surface area contributed by atoms with E-state index in [-0.39, 0.29) is 12.5 Å². The highest BCUT2D eigenvalue weighted by Gasteiger charge is 2.31. The van der Waals surface area contributed by atoms with Gasteiger partial charge in [0.25, 0.3) is 0 Å². The van der Waals surface area contributed by atoms with Crippen molar-refractivity contribution in [2.24, 2.45) is 5.41 Å². The highest BCUT2D eigenvalue weighted by atomic mass is 16.4. The van der Waals surface area contributed by atoms with Crippen molar-refractivity contribution in [2.75, 3.05) is 12.4 Å². The molecule has 0 fully saturated rings. The van der Waals surface area contributed by atoms with Gasteiger partial charge in [-0.3, -0.25) is 4.79 Å². The third-order valence-corrected chi connectivity index (χ3v) is 3.79. The van der Waals surface area contributed by atoms with Gasteiger partial charge in [-0.15, -0.1) is 0 Å². The number of amides is 2. The fourth-order valence-electron chi connectivity index (χ4n) is 2.30. The summed E-state index contributed by atoms with van der Waals surface area (Å²) in [5.74, 6) is -0.938. The van der Waals surface area contributed by atoms with Crippen LogP contribution in [0.2, 0.25) is 0 Å². The summed E-state index contributed by atoms with van der Waals surface area (Å²) in [6, 6.07) is 5.11. The van der Waals surface area contributed by atoms with E-state index in [9.17, 15) is 14.7 Å². The predicted molar refractivity (Wildman–Crippen MR) is 77.9 cm³/mol. The maximum atomic E-state index is 11.5. The molecule has 0 aliphatic carbocycles. The van der Waals surface area contributed by atoms with E-state index >= 15 is 0 Å². The lowest BCUT2D eigenvalue weighted by Crippen LogP contribution is -2.35. The molecule has 0 aromatic heterocycles. The first-order valence-corrected chi connectivity index (χ1v) is 6.77. The molecule has 6 heteroatoms. The fourth-order valence-corrected chi connectivity index (χ4v) is 2.30. The summed E-state index contributed by atoms with van der Waals surface area (Å²) in [6.07, 6.45) is -0.729. The van der Waals surface area contributed by atoms with Crippen LogP contribution >= 0.6 is 0 Å². The summed E-state index contributed by atoms with van der Waals surface area (Å²) < 4.78 is 0. The molecule has 1 heterocycles. The monoisotopic (exact) mass is 292 g/mol. The van der Waals surface area contributed by atoms with Crippen LogP contribution in [0.4, 0.5) is 10.5 Å². The first-order valence-electron chi connectivity index (χ1n) is 6.77. The molecule has 1 aromatic rings. The lowest BCUT2D eigenvalue weighted by atomic mass is 9.84. The van der Waals surface area contributed by atoms with Crippen molar-refractivity contribution in [3.63, 3.8) is 0 Å². The van der Waals surface area contributed by atoms with Crippen molar-refractivity contribution in [2.45, 2.75) is 32.9 Å². The number of aliphatic carboxylic acids is 1. The molecule has 0 spiro atoms. The molecule has 0 saturated carbocycles. The molecule has 21 heavy (non-hydrogen) atoms. The lowest BCUT2D eigenvalue weighted by Gasteiger charge is -2.28. The summed E-state index contributed by atoms with van der Waals surface area (Å²) in [5.41, 5.74) is 1.29. The number of carboxylic acids is 1. The van der Waals surface area contributed by atoms with Crippen molar-refractivity contribution in [1.82, 2.24) is 4.90 Å². The van der Waals surface area contributed by atoms with Gasteiger partial charge in [-0.05, 0) is 43.5 Å². The van der Waals surface area contributed by atoms with Gasteiger partial charge in [0.15, 0.2) is 0 Å². The van der Waals surface area contributed by atoms with Gasteiger partial charge in [0.2, 0.25) is 0 Å². The highest BCUT2D eigenvalue weighted by molar-refractivity contribution is 5.92. The zero-order valence-corrected chi connectivity index (χ0v) is 12.4. The molecule has 1 aliphatic rings. The number of nitrogens with zero attached hydrogens (tertiary/aromatic N) is 1. The fraction of sp³-hybridized carbons (Fsp3) is 0.467. The number of hydrogen-bond acceptors (Lipinski definition) is 3. The van der Waals surface area contributed by atoms with Crippen molar-refractivity contribution in [1.29, 1.82) is 0 Å². The number of hydrogen-bond donors (Lipinski definition) is 3. The van der Waals surface area contributed by atoms with Gasteiger partial charge in [-0.1, -0.05) is 6.07 Å². The molecule has 2 rings (SSSR count). The number of carbonyl (C=O) groups is 2.